The van der Waals surface area contributed by atoms with Crippen LogP contribution < -0.4 is 10.5 Å². The maximum Gasteiger partial charge on any atom is 0.255 e. The third-order valence-corrected chi connectivity index (χ3v) is 1.43. The Morgan fingerprint density at radius 2 is 2.33 bits per heavy atom. The van der Waals surface area contributed by atoms with E-state index in [9.17, 15) is 0 Å². The van der Waals surface area contributed by atoms with E-state index < -0.39 is 0 Å². The lowest BCUT2D eigenvalue weighted by Crippen LogP contribution is -2.03. The van der Waals surface area contributed by atoms with Crippen molar-refractivity contribution in [2.24, 2.45) is 0 Å². The van der Waals surface area contributed by atoms with Crippen molar-refractivity contribution in [3.05, 3.63) is 12.1 Å². The molecule has 67 valence electrons. The fraction of sp³-hybridized carbons (Fsp3) is 0.500. The predicted octanol–water partition coefficient (Wildman–Crippen LogP) is 1.09. The van der Waals surface area contributed by atoms with Crippen LogP contribution >= 0.6 is 0 Å². The molecule has 0 saturated heterocycles. The zero-order valence-corrected chi connectivity index (χ0v) is 7.66. The van der Waals surface area contributed by atoms with Gasteiger partial charge < -0.3 is 10.5 Å². The van der Waals surface area contributed by atoms with Crippen LogP contribution in [0.5, 0.6) is 5.88 Å². The van der Waals surface area contributed by atoms with Crippen molar-refractivity contribution < 1.29 is 4.74 Å². The Hall–Kier alpha value is -1.19. The van der Waals surface area contributed by atoms with Crippen LogP contribution in [0.1, 0.15) is 13.8 Å². The quantitative estimate of drug-likeness (QED) is 0.735. The van der Waals surface area contributed by atoms with E-state index in [0.29, 0.717) is 11.6 Å². The minimum atomic E-state index is 0.497. The van der Waals surface area contributed by atoms with Gasteiger partial charge in [0.05, 0.1) is 13.3 Å². The van der Waals surface area contributed by atoms with Crippen LogP contribution in [-0.2, 0) is 6.54 Å². The molecule has 0 bridgehead atoms. The summed E-state index contributed by atoms with van der Waals surface area (Å²) in [5, 5.41) is 4.12. The normalized spacial score (nSPS) is 10.7. The Bertz CT molecular complexity index is 255. The molecule has 1 rings (SSSR count). The van der Waals surface area contributed by atoms with E-state index >= 15 is 0 Å². The van der Waals surface area contributed by atoms with Crippen molar-refractivity contribution >= 4 is 5.69 Å². The molecule has 0 saturated carbocycles. The summed E-state index contributed by atoms with van der Waals surface area (Å²) in [5.41, 5.74) is 6.19. The summed E-state index contributed by atoms with van der Waals surface area (Å²) in [4.78, 5) is 0. The Labute approximate surface area is 72.3 Å². The van der Waals surface area contributed by atoms with Gasteiger partial charge in [0.2, 0.25) is 0 Å². The Balaban J connectivity index is 2.75. The summed E-state index contributed by atoms with van der Waals surface area (Å²) in [7, 11) is 1.56. The highest BCUT2D eigenvalue weighted by Gasteiger charge is 2.05. The molecule has 0 unspecified atom stereocenters. The van der Waals surface area contributed by atoms with Crippen LogP contribution in [-0.4, -0.2) is 16.9 Å². The molecule has 1 aromatic rings. The van der Waals surface area contributed by atoms with E-state index in [0.717, 1.165) is 6.54 Å². The van der Waals surface area contributed by atoms with Crippen LogP contribution in [0.25, 0.3) is 0 Å². The van der Waals surface area contributed by atoms with Gasteiger partial charge in [0.25, 0.3) is 5.88 Å². The van der Waals surface area contributed by atoms with Crippen LogP contribution in [0, 0.1) is 5.92 Å². The molecule has 2 N–H and O–H groups in total. The van der Waals surface area contributed by atoms with Crippen LogP contribution in [0.3, 0.4) is 0 Å². The molecule has 1 heterocycles. The predicted molar refractivity (Wildman–Crippen MR) is 47.8 cm³/mol. The largest absolute Gasteiger partial charge is 0.478 e. The highest BCUT2D eigenvalue weighted by atomic mass is 16.5. The second-order valence-corrected chi connectivity index (χ2v) is 3.00. The summed E-state index contributed by atoms with van der Waals surface area (Å²) in [5.74, 6) is 1.77. The van der Waals surface area contributed by atoms with E-state index in [1.165, 1.54) is 5.92 Å². The first kappa shape index (κ1) is 8.90. The van der Waals surface area contributed by atoms with Crippen molar-refractivity contribution in [1.29, 1.82) is 0 Å². The zero-order chi connectivity index (χ0) is 9.14. The number of nitrogen functional groups attached to an aromatic ring is 1. The molecule has 0 amide bonds. The zero-order valence-electron chi connectivity index (χ0n) is 7.66. The molecular formula is C8H14N3O. The van der Waals surface area contributed by atoms with Gasteiger partial charge in [-0.15, -0.1) is 5.10 Å². The first-order chi connectivity index (χ1) is 5.63. The van der Waals surface area contributed by atoms with E-state index in [4.69, 9.17) is 10.5 Å². The minimum Gasteiger partial charge on any atom is -0.478 e. The fourth-order valence-corrected chi connectivity index (χ4v) is 0.983. The minimum absolute atomic E-state index is 0.497. The monoisotopic (exact) mass is 168 g/mol. The molecular weight excluding hydrogens is 154 g/mol. The van der Waals surface area contributed by atoms with Gasteiger partial charge in [0, 0.05) is 6.54 Å². The molecule has 0 fully saturated rings. The summed E-state index contributed by atoms with van der Waals surface area (Å²) in [6.45, 7) is 4.88. The van der Waals surface area contributed by atoms with Crippen LogP contribution in [0.2, 0.25) is 0 Å². The number of hydrogen-bond acceptors (Lipinski definition) is 3. The molecule has 0 aliphatic heterocycles. The van der Waals surface area contributed by atoms with Gasteiger partial charge in [-0.2, -0.15) is 0 Å². The van der Waals surface area contributed by atoms with Crippen molar-refractivity contribution in [3.63, 3.8) is 0 Å². The van der Waals surface area contributed by atoms with Crippen molar-refractivity contribution in [2.45, 2.75) is 20.4 Å². The molecule has 0 aliphatic rings. The number of methoxy groups -OCH3 is 1. The SMILES string of the molecule is COc1nn(C[C](C)C)cc1N. The molecule has 0 spiro atoms. The Morgan fingerprint density at radius 1 is 1.67 bits per heavy atom. The fourth-order valence-electron chi connectivity index (χ4n) is 0.983. The van der Waals surface area contributed by atoms with E-state index in [-0.39, 0.29) is 0 Å². The maximum atomic E-state index is 5.61. The number of ether oxygens (including phenoxy) is 1. The summed E-state index contributed by atoms with van der Waals surface area (Å²) < 4.78 is 6.71. The number of hydrogen-bond donors (Lipinski definition) is 1. The lowest BCUT2D eigenvalue weighted by atomic mass is 10.2. The molecule has 0 aliphatic carbocycles. The van der Waals surface area contributed by atoms with Crippen LogP contribution in [0.15, 0.2) is 6.20 Å². The van der Waals surface area contributed by atoms with E-state index in [1.807, 2.05) is 13.8 Å². The van der Waals surface area contributed by atoms with Gasteiger partial charge in [-0.05, 0) is 5.92 Å². The maximum absolute atomic E-state index is 5.61. The number of anilines is 1. The second kappa shape index (κ2) is 3.47. The third kappa shape index (κ3) is 1.90. The highest BCUT2D eigenvalue weighted by molar-refractivity contribution is 5.45. The first-order valence-electron chi connectivity index (χ1n) is 3.79. The highest BCUT2D eigenvalue weighted by Crippen LogP contribution is 2.17. The van der Waals surface area contributed by atoms with Gasteiger partial charge in [0.15, 0.2) is 0 Å². The molecule has 1 aromatic heterocycles. The van der Waals surface area contributed by atoms with Crippen molar-refractivity contribution in [2.75, 3.05) is 12.8 Å². The van der Waals surface area contributed by atoms with Gasteiger partial charge in [-0.1, -0.05) is 13.8 Å². The molecule has 1 radical (unpaired) electrons. The number of nitrogens with zero attached hydrogens (tertiary/aromatic N) is 2. The molecule has 0 atom stereocenters. The van der Waals surface area contributed by atoms with E-state index in [1.54, 1.807) is 18.0 Å². The lowest BCUT2D eigenvalue weighted by Gasteiger charge is -2.02. The van der Waals surface area contributed by atoms with Gasteiger partial charge >= 0.3 is 0 Å². The number of aromatic nitrogens is 2. The number of nitrogens with two attached hydrogens (primary N) is 1. The van der Waals surface area contributed by atoms with E-state index in [2.05, 4.69) is 5.10 Å². The Morgan fingerprint density at radius 3 is 2.75 bits per heavy atom. The first-order valence-corrected chi connectivity index (χ1v) is 3.79. The smallest absolute Gasteiger partial charge is 0.255 e. The molecule has 4 nitrogen and oxygen atoms in total. The second-order valence-electron chi connectivity index (χ2n) is 3.00. The number of rotatable bonds is 3. The van der Waals surface area contributed by atoms with Crippen LogP contribution in [0.4, 0.5) is 5.69 Å². The standard InChI is InChI=1S/C8H14N3O/c1-6(2)4-11-5-7(9)8(10-11)12-3/h5H,4,9H2,1-3H3. The lowest BCUT2D eigenvalue weighted by molar-refractivity contribution is 0.390. The van der Waals surface area contributed by atoms with Crippen molar-refractivity contribution in [3.8, 4) is 5.88 Å². The van der Waals surface area contributed by atoms with Crippen molar-refractivity contribution in [1.82, 2.24) is 9.78 Å². The average Bonchev–Trinajstić information content (AvgIpc) is 2.29. The van der Waals surface area contributed by atoms with Gasteiger partial charge in [0.1, 0.15) is 5.69 Å². The third-order valence-electron chi connectivity index (χ3n) is 1.43. The average molecular weight is 168 g/mol. The molecule has 4 heteroatoms. The molecule has 12 heavy (non-hydrogen) atoms. The van der Waals surface area contributed by atoms with Gasteiger partial charge in [-0.25, -0.2) is 0 Å². The summed E-state index contributed by atoms with van der Waals surface area (Å²) in [6.07, 6.45) is 1.77. The van der Waals surface area contributed by atoms with Gasteiger partial charge in [-0.3, -0.25) is 4.68 Å². The Kier molecular flexibility index (Phi) is 2.58. The molecule has 0 aromatic carbocycles. The topological polar surface area (TPSA) is 53.1 Å². The summed E-state index contributed by atoms with van der Waals surface area (Å²) in [6, 6.07) is 0. The summed E-state index contributed by atoms with van der Waals surface area (Å²) >= 11 is 0.